The van der Waals surface area contributed by atoms with E-state index in [2.05, 4.69) is 10.6 Å². The molecule has 0 fully saturated rings. The molecule has 0 aromatic heterocycles. The minimum atomic E-state index is -0.230. The lowest BCUT2D eigenvalue weighted by atomic mass is 10.1. The topological polar surface area (TPSA) is 58.2 Å². The summed E-state index contributed by atoms with van der Waals surface area (Å²) in [7, 11) is 0. The van der Waals surface area contributed by atoms with Crippen molar-refractivity contribution in [2.75, 3.05) is 10.6 Å². The van der Waals surface area contributed by atoms with Crippen molar-refractivity contribution in [1.29, 1.82) is 0 Å². The average molecular weight is 356 g/mol. The van der Waals surface area contributed by atoms with Gasteiger partial charge in [-0.05, 0) is 23.8 Å². The highest BCUT2D eigenvalue weighted by molar-refractivity contribution is 6.08. The van der Waals surface area contributed by atoms with E-state index in [0.717, 1.165) is 11.1 Å². The zero-order chi connectivity index (χ0) is 19.1. The van der Waals surface area contributed by atoms with Crippen LogP contribution < -0.4 is 10.6 Å². The molecule has 3 aromatic rings. The van der Waals surface area contributed by atoms with Gasteiger partial charge in [0.1, 0.15) is 0 Å². The van der Waals surface area contributed by atoms with Gasteiger partial charge in [0.05, 0.1) is 11.4 Å². The van der Waals surface area contributed by atoms with Gasteiger partial charge >= 0.3 is 0 Å². The third-order valence-corrected chi connectivity index (χ3v) is 3.94. The normalized spacial score (nSPS) is 10.6. The van der Waals surface area contributed by atoms with Crippen LogP contribution in [0.5, 0.6) is 0 Å². The quantitative estimate of drug-likeness (QED) is 0.627. The van der Waals surface area contributed by atoms with Crippen molar-refractivity contribution in [3.05, 3.63) is 95.6 Å². The second-order valence-corrected chi connectivity index (χ2v) is 6.02. The van der Waals surface area contributed by atoms with Gasteiger partial charge in [0.25, 0.3) is 5.91 Å². The van der Waals surface area contributed by atoms with Gasteiger partial charge < -0.3 is 10.6 Å². The van der Waals surface area contributed by atoms with E-state index in [1.54, 1.807) is 18.2 Å². The Kier molecular flexibility index (Phi) is 5.80. The predicted molar refractivity (Wildman–Crippen MR) is 111 cm³/mol. The number of carbonyl (C=O) groups excluding carboxylic acids is 2. The first-order valence-corrected chi connectivity index (χ1v) is 8.63. The molecule has 0 aliphatic rings. The van der Waals surface area contributed by atoms with Crippen molar-refractivity contribution in [1.82, 2.24) is 0 Å². The molecular weight excluding hydrogens is 336 g/mol. The molecule has 0 saturated heterocycles. The largest absolute Gasteiger partial charge is 0.324 e. The lowest BCUT2D eigenvalue weighted by Crippen LogP contribution is -2.15. The third-order valence-electron chi connectivity index (χ3n) is 3.94. The van der Waals surface area contributed by atoms with Crippen molar-refractivity contribution in [2.24, 2.45) is 0 Å². The van der Waals surface area contributed by atoms with Gasteiger partial charge in [-0.3, -0.25) is 9.59 Å². The average Bonchev–Trinajstić information content (AvgIpc) is 2.69. The van der Waals surface area contributed by atoms with Gasteiger partial charge in [0, 0.05) is 18.1 Å². The van der Waals surface area contributed by atoms with Gasteiger partial charge in [-0.25, -0.2) is 0 Å². The third kappa shape index (κ3) is 4.92. The molecule has 4 nitrogen and oxygen atoms in total. The Morgan fingerprint density at radius 2 is 1.41 bits per heavy atom. The number of benzene rings is 3. The number of rotatable bonds is 5. The first-order valence-electron chi connectivity index (χ1n) is 8.63. The number of amides is 2. The van der Waals surface area contributed by atoms with E-state index in [9.17, 15) is 9.59 Å². The molecule has 0 aliphatic carbocycles. The Morgan fingerprint density at radius 3 is 2.07 bits per heavy atom. The standard InChI is InChI=1S/C23H20N2O2/c1-17(26)24-22-19(16-15-18-9-4-2-5-10-18)13-8-14-21(22)25-23(27)20-11-6-3-7-12-20/h2-16H,1H3,(H,24,26)(H,25,27). The molecule has 0 spiro atoms. The molecule has 0 bridgehead atoms. The van der Waals surface area contributed by atoms with Crippen LogP contribution in [0, 0.1) is 0 Å². The van der Waals surface area contributed by atoms with E-state index < -0.39 is 0 Å². The van der Waals surface area contributed by atoms with Gasteiger partial charge in [0.2, 0.25) is 5.91 Å². The van der Waals surface area contributed by atoms with Crippen molar-refractivity contribution in [3.63, 3.8) is 0 Å². The van der Waals surface area contributed by atoms with Crippen molar-refractivity contribution < 1.29 is 9.59 Å². The Hall–Kier alpha value is -3.66. The molecule has 4 heteroatoms. The number of hydrogen-bond donors (Lipinski definition) is 2. The maximum atomic E-state index is 12.5. The summed E-state index contributed by atoms with van der Waals surface area (Å²) in [5.74, 6) is -0.433. The van der Waals surface area contributed by atoms with Crippen LogP contribution in [0.15, 0.2) is 78.9 Å². The molecule has 3 rings (SSSR count). The van der Waals surface area contributed by atoms with Gasteiger partial charge in [-0.15, -0.1) is 0 Å². The molecule has 27 heavy (non-hydrogen) atoms. The lowest BCUT2D eigenvalue weighted by molar-refractivity contribution is -0.114. The molecule has 0 unspecified atom stereocenters. The highest BCUT2D eigenvalue weighted by atomic mass is 16.2. The molecule has 2 N–H and O–H groups in total. The van der Waals surface area contributed by atoms with E-state index in [4.69, 9.17) is 0 Å². The Balaban J connectivity index is 1.92. The second kappa shape index (κ2) is 8.63. The van der Waals surface area contributed by atoms with E-state index >= 15 is 0 Å². The molecule has 0 aliphatic heterocycles. The first-order chi connectivity index (χ1) is 13.1. The van der Waals surface area contributed by atoms with Crippen LogP contribution in [0.3, 0.4) is 0 Å². The summed E-state index contributed by atoms with van der Waals surface area (Å²) in [6.45, 7) is 1.44. The smallest absolute Gasteiger partial charge is 0.255 e. The van der Waals surface area contributed by atoms with Crippen LogP contribution >= 0.6 is 0 Å². The molecule has 0 saturated carbocycles. The fraction of sp³-hybridized carbons (Fsp3) is 0.0435. The maximum absolute atomic E-state index is 12.5. The molecule has 0 radical (unpaired) electrons. The fourth-order valence-corrected chi connectivity index (χ4v) is 2.66. The molecule has 2 amide bonds. The highest BCUT2D eigenvalue weighted by Gasteiger charge is 2.12. The maximum Gasteiger partial charge on any atom is 0.255 e. The summed E-state index contributed by atoms with van der Waals surface area (Å²) in [6, 6.07) is 24.3. The van der Waals surface area contributed by atoms with Gasteiger partial charge in [0.15, 0.2) is 0 Å². The molecule has 0 atom stereocenters. The van der Waals surface area contributed by atoms with Crippen molar-refractivity contribution in [3.8, 4) is 0 Å². The first kappa shape index (κ1) is 18.1. The number of para-hydroxylation sites is 1. The lowest BCUT2D eigenvalue weighted by Gasteiger charge is -2.14. The summed E-state index contributed by atoms with van der Waals surface area (Å²) >= 11 is 0. The van der Waals surface area contributed by atoms with Crippen molar-refractivity contribution in [2.45, 2.75) is 6.92 Å². The Bertz CT molecular complexity index is 964. The van der Waals surface area contributed by atoms with E-state index in [1.165, 1.54) is 6.92 Å². The van der Waals surface area contributed by atoms with Gasteiger partial charge in [-0.1, -0.05) is 72.8 Å². The van der Waals surface area contributed by atoms with Crippen LogP contribution in [0.4, 0.5) is 11.4 Å². The molecule has 134 valence electrons. The molecule has 3 aromatic carbocycles. The van der Waals surface area contributed by atoms with Crippen LogP contribution in [0.1, 0.15) is 28.4 Å². The zero-order valence-electron chi connectivity index (χ0n) is 15.0. The molecular formula is C23H20N2O2. The van der Waals surface area contributed by atoms with E-state index in [-0.39, 0.29) is 11.8 Å². The van der Waals surface area contributed by atoms with E-state index in [0.29, 0.717) is 16.9 Å². The second-order valence-electron chi connectivity index (χ2n) is 6.02. The van der Waals surface area contributed by atoms with Crippen LogP contribution in [-0.4, -0.2) is 11.8 Å². The zero-order valence-corrected chi connectivity index (χ0v) is 15.0. The van der Waals surface area contributed by atoms with Gasteiger partial charge in [-0.2, -0.15) is 0 Å². The summed E-state index contributed by atoms with van der Waals surface area (Å²) < 4.78 is 0. The summed E-state index contributed by atoms with van der Waals surface area (Å²) in [6.07, 6.45) is 3.88. The van der Waals surface area contributed by atoms with E-state index in [1.807, 2.05) is 72.8 Å². The minimum Gasteiger partial charge on any atom is -0.324 e. The molecule has 0 heterocycles. The predicted octanol–water partition coefficient (Wildman–Crippen LogP) is 5.07. The number of carbonyl (C=O) groups is 2. The fourth-order valence-electron chi connectivity index (χ4n) is 2.66. The number of hydrogen-bond acceptors (Lipinski definition) is 2. The number of anilines is 2. The SMILES string of the molecule is CC(=O)Nc1c(C=Cc2ccccc2)cccc1NC(=O)c1ccccc1. The summed E-state index contributed by atoms with van der Waals surface area (Å²) in [4.78, 5) is 24.2. The van der Waals surface area contributed by atoms with Crippen LogP contribution in [0.2, 0.25) is 0 Å². The highest BCUT2D eigenvalue weighted by Crippen LogP contribution is 2.28. The monoisotopic (exact) mass is 356 g/mol. The Morgan fingerprint density at radius 1 is 0.741 bits per heavy atom. The van der Waals surface area contributed by atoms with Crippen LogP contribution in [0.25, 0.3) is 12.2 Å². The van der Waals surface area contributed by atoms with Crippen LogP contribution in [-0.2, 0) is 4.79 Å². The summed E-state index contributed by atoms with van der Waals surface area (Å²) in [5, 5.41) is 5.71. The minimum absolute atomic E-state index is 0.203. The number of nitrogens with one attached hydrogen (secondary N) is 2. The van der Waals surface area contributed by atoms with Crippen molar-refractivity contribution >= 4 is 35.3 Å². The Labute approximate surface area is 158 Å². The summed E-state index contributed by atoms with van der Waals surface area (Å²) in [5.41, 5.74) is 3.53.